The summed E-state index contributed by atoms with van der Waals surface area (Å²) in [4.78, 5) is 25.8. The van der Waals surface area contributed by atoms with Gasteiger partial charge in [0, 0.05) is 23.9 Å². The highest BCUT2D eigenvalue weighted by Gasteiger charge is 2.23. The number of hydrogen-bond donors (Lipinski definition) is 2. The molecule has 29 heavy (non-hydrogen) atoms. The quantitative estimate of drug-likeness (QED) is 0.638. The van der Waals surface area contributed by atoms with E-state index in [1.807, 2.05) is 11.9 Å². The first kappa shape index (κ1) is 19.8. The van der Waals surface area contributed by atoms with Crippen LogP contribution in [0.15, 0.2) is 10.6 Å². The molecule has 9 heteroatoms. The first-order valence-corrected chi connectivity index (χ1v) is 10.7. The summed E-state index contributed by atoms with van der Waals surface area (Å²) in [5, 5.41) is 7.54. The second kappa shape index (κ2) is 8.08. The molecule has 1 unspecified atom stereocenters. The molecule has 0 bridgehead atoms. The van der Waals surface area contributed by atoms with Crippen molar-refractivity contribution in [1.29, 1.82) is 0 Å². The molecule has 4 rings (SSSR count). The Morgan fingerprint density at radius 2 is 2.28 bits per heavy atom. The molecule has 0 fully saturated rings. The lowest BCUT2D eigenvalue weighted by atomic mass is 9.89. The number of rotatable bonds is 6. The Morgan fingerprint density at radius 3 is 3.03 bits per heavy atom. The van der Waals surface area contributed by atoms with Gasteiger partial charge in [-0.25, -0.2) is 9.97 Å². The number of hydrogen-bond acceptors (Lipinski definition) is 8. The highest BCUT2D eigenvalue weighted by atomic mass is 32.1. The molecule has 1 aliphatic carbocycles. The van der Waals surface area contributed by atoms with Gasteiger partial charge in [-0.15, -0.1) is 11.3 Å². The molecule has 1 atom stereocenters. The molecule has 3 N–H and O–H groups in total. The van der Waals surface area contributed by atoms with E-state index in [0.29, 0.717) is 36.3 Å². The maximum atomic E-state index is 12.1. The van der Waals surface area contributed by atoms with Gasteiger partial charge in [0.15, 0.2) is 5.82 Å². The number of amides is 1. The first-order valence-electron chi connectivity index (χ1n) is 9.87. The maximum absolute atomic E-state index is 12.1. The molecule has 3 aromatic heterocycles. The molecular weight excluding hydrogens is 388 g/mol. The van der Waals surface area contributed by atoms with E-state index in [-0.39, 0.29) is 12.5 Å². The largest absolute Gasteiger partial charge is 0.383 e. The Balaban J connectivity index is 1.38. The van der Waals surface area contributed by atoms with Gasteiger partial charge in [-0.3, -0.25) is 9.69 Å². The van der Waals surface area contributed by atoms with Crippen LogP contribution in [0.5, 0.6) is 0 Å². The van der Waals surface area contributed by atoms with Gasteiger partial charge < -0.3 is 15.6 Å². The lowest BCUT2D eigenvalue weighted by Gasteiger charge is -2.18. The van der Waals surface area contributed by atoms with E-state index in [0.717, 1.165) is 28.9 Å². The van der Waals surface area contributed by atoms with Crippen LogP contribution >= 0.6 is 11.3 Å². The van der Waals surface area contributed by atoms with Crippen LogP contribution in [0.25, 0.3) is 10.2 Å². The van der Waals surface area contributed by atoms with Crippen molar-refractivity contribution in [3.63, 3.8) is 0 Å². The SMILES string of the molecule is Cc1cc(NC(=O)CN(C)CCc2nc(N)c3c4c(sc3n2)CC(C)CC4)no1. The van der Waals surface area contributed by atoms with E-state index < -0.39 is 0 Å². The molecule has 0 aliphatic heterocycles. The zero-order valence-corrected chi connectivity index (χ0v) is 17.8. The van der Waals surface area contributed by atoms with E-state index >= 15 is 0 Å². The van der Waals surface area contributed by atoms with E-state index in [1.54, 1.807) is 24.3 Å². The van der Waals surface area contributed by atoms with Crippen molar-refractivity contribution in [3.8, 4) is 0 Å². The van der Waals surface area contributed by atoms with Gasteiger partial charge in [-0.2, -0.15) is 0 Å². The third-order valence-corrected chi connectivity index (χ3v) is 6.40. The van der Waals surface area contributed by atoms with Crippen LogP contribution in [0.3, 0.4) is 0 Å². The third-order valence-electron chi connectivity index (χ3n) is 5.26. The number of aryl methyl sites for hydroxylation is 2. The fourth-order valence-corrected chi connectivity index (χ4v) is 5.16. The molecule has 3 aromatic rings. The smallest absolute Gasteiger partial charge is 0.239 e. The number of aromatic nitrogens is 3. The van der Waals surface area contributed by atoms with Crippen LogP contribution in [-0.2, 0) is 24.1 Å². The Hall–Kier alpha value is -2.52. The highest BCUT2D eigenvalue weighted by molar-refractivity contribution is 7.19. The minimum Gasteiger partial charge on any atom is -0.383 e. The summed E-state index contributed by atoms with van der Waals surface area (Å²) in [6, 6.07) is 1.69. The van der Waals surface area contributed by atoms with Gasteiger partial charge in [-0.1, -0.05) is 12.1 Å². The van der Waals surface area contributed by atoms with Crippen LogP contribution in [0, 0.1) is 12.8 Å². The van der Waals surface area contributed by atoms with Crippen LogP contribution in [0.1, 0.15) is 35.4 Å². The minimum atomic E-state index is -0.142. The van der Waals surface area contributed by atoms with Crippen molar-refractivity contribution in [2.24, 2.45) is 5.92 Å². The van der Waals surface area contributed by atoms with Crippen LogP contribution < -0.4 is 11.1 Å². The topological polar surface area (TPSA) is 110 Å². The molecule has 0 radical (unpaired) electrons. The zero-order chi connectivity index (χ0) is 20.5. The number of likely N-dealkylation sites (N-methyl/N-ethyl adjacent to an activating group) is 1. The molecule has 0 saturated heterocycles. The number of nitrogens with one attached hydrogen (secondary N) is 1. The number of carbonyl (C=O) groups excluding carboxylic acids is 1. The van der Waals surface area contributed by atoms with E-state index in [2.05, 4.69) is 22.4 Å². The van der Waals surface area contributed by atoms with Crippen molar-refractivity contribution in [3.05, 3.63) is 28.1 Å². The molecule has 8 nitrogen and oxygen atoms in total. The van der Waals surface area contributed by atoms with E-state index in [1.165, 1.54) is 16.9 Å². The summed E-state index contributed by atoms with van der Waals surface area (Å²) in [6.07, 6.45) is 3.99. The second-order valence-electron chi connectivity index (χ2n) is 7.92. The summed E-state index contributed by atoms with van der Waals surface area (Å²) in [5.41, 5.74) is 7.65. The molecular formula is C20H26N6O2S. The van der Waals surface area contributed by atoms with Crippen LogP contribution in [0.4, 0.5) is 11.6 Å². The normalized spacial score (nSPS) is 16.3. The van der Waals surface area contributed by atoms with Crippen molar-refractivity contribution in [2.75, 3.05) is 31.2 Å². The average Bonchev–Trinajstić information content (AvgIpc) is 3.22. The first-order chi connectivity index (χ1) is 13.9. The van der Waals surface area contributed by atoms with Crippen molar-refractivity contribution >= 4 is 39.1 Å². The fraction of sp³-hybridized carbons (Fsp3) is 0.500. The number of fused-ring (bicyclic) bond motifs is 3. The van der Waals surface area contributed by atoms with Gasteiger partial charge in [0.05, 0.1) is 11.9 Å². The molecule has 1 amide bonds. The number of carbonyl (C=O) groups is 1. The minimum absolute atomic E-state index is 0.142. The average molecular weight is 415 g/mol. The number of anilines is 2. The number of nitrogens with zero attached hydrogens (tertiary/aromatic N) is 4. The molecule has 0 saturated carbocycles. The van der Waals surface area contributed by atoms with Crippen molar-refractivity contribution in [1.82, 2.24) is 20.0 Å². The van der Waals surface area contributed by atoms with Crippen molar-refractivity contribution in [2.45, 2.75) is 39.5 Å². The molecule has 1 aliphatic rings. The Labute approximate surface area is 173 Å². The van der Waals surface area contributed by atoms with Crippen LogP contribution in [0.2, 0.25) is 0 Å². The van der Waals surface area contributed by atoms with Crippen molar-refractivity contribution < 1.29 is 9.32 Å². The monoisotopic (exact) mass is 414 g/mol. The molecule has 3 heterocycles. The predicted molar refractivity (Wildman–Crippen MR) is 114 cm³/mol. The zero-order valence-electron chi connectivity index (χ0n) is 17.0. The predicted octanol–water partition coefficient (Wildman–Crippen LogP) is 2.81. The lowest BCUT2D eigenvalue weighted by Crippen LogP contribution is -2.32. The molecule has 0 aromatic carbocycles. The van der Waals surface area contributed by atoms with Gasteiger partial charge in [0.2, 0.25) is 5.91 Å². The number of nitrogen functional groups attached to an aromatic ring is 1. The van der Waals surface area contributed by atoms with Gasteiger partial charge in [-0.05, 0) is 44.7 Å². The fourth-order valence-electron chi connectivity index (χ4n) is 3.75. The number of nitrogens with two attached hydrogens (primary N) is 1. The molecule has 154 valence electrons. The van der Waals surface area contributed by atoms with Gasteiger partial charge >= 0.3 is 0 Å². The highest BCUT2D eigenvalue weighted by Crippen LogP contribution is 2.39. The Bertz CT molecular complexity index is 1040. The van der Waals surface area contributed by atoms with Crippen LogP contribution in [-0.4, -0.2) is 46.1 Å². The second-order valence-corrected chi connectivity index (χ2v) is 9.00. The Kier molecular flexibility index (Phi) is 5.51. The maximum Gasteiger partial charge on any atom is 0.239 e. The van der Waals surface area contributed by atoms with E-state index in [9.17, 15) is 4.79 Å². The molecule has 0 spiro atoms. The lowest BCUT2D eigenvalue weighted by molar-refractivity contribution is -0.117. The third kappa shape index (κ3) is 4.40. The summed E-state index contributed by atoms with van der Waals surface area (Å²) in [7, 11) is 1.89. The summed E-state index contributed by atoms with van der Waals surface area (Å²) in [5.74, 6) is 2.96. The summed E-state index contributed by atoms with van der Waals surface area (Å²) in [6.45, 7) is 4.97. The number of thiophene rings is 1. The summed E-state index contributed by atoms with van der Waals surface area (Å²) >= 11 is 1.76. The van der Waals surface area contributed by atoms with E-state index in [4.69, 9.17) is 15.2 Å². The Morgan fingerprint density at radius 1 is 1.45 bits per heavy atom. The standard InChI is InChI=1S/C20H26N6O2S/c1-11-4-5-13-14(8-11)29-20-18(13)19(21)23-15(24-20)6-7-26(3)10-17(27)22-16-9-12(2)28-25-16/h9,11H,4-8,10H2,1-3H3,(H2,21,23,24)(H,22,25,27). The summed E-state index contributed by atoms with van der Waals surface area (Å²) < 4.78 is 4.95. The van der Waals surface area contributed by atoms with Gasteiger partial charge in [0.25, 0.3) is 0 Å². The van der Waals surface area contributed by atoms with Gasteiger partial charge in [0.1, 0.15) is 22.2 Å².